The summed E-state index contributed by atoms with van der Waals surface area (Å²) in [5.74, 6) is -0.279. The zero-order valence-electron chi connectivity index (χ0n) is 15.3. The summed E-state index contributed by atoms with van der Waals surface area (Å²) in [6.45, 7) is 4.65. The Labute approximate surface area is 183 Å². The maximum absolute atomic E-state index is 12.9. The van der Waals surface area contributed by atoms with Crippen molar-refractivity contribution in [2.75, 3.05) is 13.1 Å². The van der Waals surface area contributed by atoms with Gasteiger partial charge in [0.05, 0.1) is 20.1 Å². The van der Waals surface area contributed by atoms with Crippen LogP contribution in [0.4, 0.5) is 0 Å². The van der Waals surface area contributed by atoms with E-state index in [1.807, 2.05) is 13.8 Å². The topological polar surface area (TPSA) is 40.6 Å². The molecule has 1 saturated heterocycles. The molecule has 3 rings (SSSR count). The van der Waals surface area contributed by atoms with Gasteiger partial charge in [-0.25, -0.2) is 0 Å². The number of nitrogens with zero attached hydrogens (tertiary/aromatic N) is 2. The maximum Gasteiger partial charge on any atom is 0.254 e. The van der Waals surface area contributed by atoms with Crippen LogP contribution < -0.4 is 0 Å². The van der Waals surface area contributed by atoms with Gasteiger partial charge in [0, 0.05) is 36.3 Å². The first-order valence-electron chi connectivity index (χ1n) is 8.71. The highest BCUT2D eigenvalue weighted by Crippen LogP contribution is 2.27. The third kappa shape index (κ3) is 4.25. The first kappa shape index (κ1) is 21.3. The van der Waals surface area contributed by atoms with Crippen molar-refractivity contribution < 1.29 is 9.59 Å². The van der Waals surface area contributed by atoms with Gasteiger partial charge in [-0.15, -0.1) is 0 Å². The van der Waals surface area contributed by atoms with Crippen LogP contribution in [0.2, 0.25) is 20.1 Å². The molecule has 28 heavy (non-hydrogen) atoms. The van der Waals surface area contributed by atoms with Gasteiger partial charge in [0.2, 0.25) is 0 Å². The van der Waals surface area contributed by atoms with Gasteiger partial charge in [-0.2, -0.15) is 0 Å². The molecule has 2 aromatic rings. The highest BCUT2D eigenvalue weighted by atomic mass is 35.5. The molecule has 2 unspecified atom stereocenters. The van der Waals surface area contributed by atoms with Crippen LogP contribution in [-0.4, -0.2) is 46.8 Å². The van der Waals surface area contributed by atoms with Gasteiger partial charge in [0.1, 0.15) is 0 Å². The predicted octanol–water partition coefficient (Wildman–Crippen LogP) is 5.68. The molecule has 0 aliphatic carbocycles. The molecule has 0 radical (unpaired) electrons. The van der Waals surface area contributed by atoms with Gasteiger partial charge >= 0.3 is 0 Å². The van der Waals surface area contributed by atoms with E-state index in [0.29, 0.717) is 44.3 Å². The molecule has 2 atom stereocenters. The van der Waals surface area contributed by atoms with Crippen LogP contribution in [0.15, 0.2) is 36.4 Å². The second-order valence-electron chi connectivity index (χ2n) is 6.87. The lowest BCUT2D eigenvalue weighted by Gasteiger charge is -2.44. The molecule has 1 heterocycles. The van der Waals surface area contributed by atoms with Crippen LogP contribution in [-0.2, 0) is 0 Å². The Morgan fingerprint density at radius 1 is 0.714 bits per heavy atom. The Balaban J connectivity index is 1.77. The van der Waals surface area contributed by atoms with Crippen molar-refractivity contribution in [1.82, 2.24) is 9.80 Å². The minimum atomic E-state index is -0.162. The van der Waals surface area contributed by atoms with Crippen LogP contribution >= 0.6 is 46.4 Å². The smallest absolute Gasteiger partial charge is 0.254 e. The zero-order chi connectivity index (χ0) is 20.6. The Kier molecular flexibility index (Phi) is 6.45. The third-order valence-electron chi connectivity index (χ3n) is 4.84. The van der Waals surface area contributed by atoms with Crippen molar-refractivity contribution in [3.8, 4) is 0 Å². The molecule has 1 aliphatic rings. The third-order valence-corrected chi connectivity index (χ3v) is 6.32. The Bertz CT molecular complexity index is 859. The molecule has 1 aliphatic heterocycles. The number of benzene rings is 2. The van der Waals surface area contributed by atoms with Crippen LogP contribution in [0.25, 0.3) is 0 Å². The van der Waals surface area contributed by atoms with E-state index in [1.54, 1.807) is 46.2 Å². The quantitative estimate of drug-likeness (QED) is 0.579. The van der Waals surface area contributed by atoms with Gasteiger partial charge in [-0.1, -0.05) is 46.4 Å². The molecule has 1 fully saturated rings. The molecule has 8 heteroatoms. The van der Waals surface area contributed by atoms with Gasteiger partial charge < -0.3 is 9.80 Å². The molecule has 2 aromatic carbocycles. The number of hydrogen-bond acceptors (Lipinski definition) is 2. The van der Waals surface area contributed by atoms with Crippen molar-refractivity contribution in [2.45, 2.75) is 25.9 Å². The summed E-state index contributed by atoms with van der Waals surface area (Å²) in [7, 11) is 0. The summed E-state index contributed by atoms with van der Waals surface area (Å²) in [5, 5.41) is 1.47. The van der Waals surface area contributed by atoms with Gasteiger partial charge in [0.25, 0.3) is 11.8 Å². The molecule has 2 amide bonds. The molecule has 0 saturated carbocycles. The molecule has 0 bridgehead atoms. The lowest BCUT2D eigenvalue weighted by molar-refractivity contribution is 0.0270. The fourth-order valence-corrected chi connectivity index (χ4v) is 3.88. The van der Waals surface area contributed by atoms with E-state index in [-0.39, 0.29) is 23.9 Å². The maximum atomic E-state index is 12.9. The van der Waals surface area contributed by atoms with Crippen molar-refractivity contribution in [2.24, 2.45) is 0 Å². The lowest BCUT2D eigenvalue weighted by atomic mass is 10.0. The monoisotopic (exact) mass is 458 g/mol. The molecule has 0 spiro atoms. The number of amides is 2. The van der Waals surface area contributed by atoms with Crippen molar-refractivity contribution in [3.05, 3.63) is 67.6 Å². The summed E-state index contributed by atoms with van der Waals surface area (Å²) in [6, 6.07) is 9.33. The summed E-state index contributed by atoms with van der Waals surface area (Å²) >= 11 is 24.0. The normalized spacial score (nSPS) is 19.6. The van der Waals surface area contributed by atoms with E-state index in [0.717, 1.165) is 0 Å². The highest BCUT2D eigenvalue weighted by molar-refractivity contribution is 6.42. The van der Waals surface area contributed by atoms with E-state index in [1.165, 1.54) is 0 Å². The second-order valence-corrected chi connectivity index (χ2v) is 8.50. The molecule has 0 N–H and O–H groups in total. The molecule has 148 valence electrons. The van der Waals surface area contributed by atoms with E-state index < -0.39 is 0 Å². The Morgan fingerprint density at radius 3 is 1.39 bits per heavy atom. The van der Waals surface area contributed by atoms with Gasteiger partial charge in [0.15, 0.2) is 0 Å². The van der Waals surface area contributed by atoms with Crippen LogP contribution in [0.3, 0.4) is 0 Å². The number of carbonyl (C=O) groups excluding carboxylic acids is 2. The van der Waals surface area contributed by atoms with Crippen LogP contribution in [0.1, 0.15) is 34.6 Å². The van der Waals surface area contributed by atoms with Crippen molar-refractivity contribution in [1.29, 1.82) is 0 Å². The van der Waals surface area contributed by atoms with E-state index in [2.05, 4.69) is 0 Å². The molecule has 0 aromatic heterocycles. The van der Waals surface area contributed by atoms with Crippen molar-refractivity contribution >= 4 is 58.2 Å². The summed E-state index contributed by atoms with van der Waals surface area (Å²) in [5.41, 5.74) is 0.940. The number of rotatable bonds is 2. The molecule has 4 nitrogen and oxygen atoms in total. The number of hydrogen-bond donors (Lipinski definition) is 0. The van der Waals surface area contributed by atoms with E-state index in [9.17, 15) is 9.59 Å². The Morgan fingerprint density at radius 2 is 1.07 bits per heavy atom. The highest BCUT2D eigenvalue weighted by Gasteiger charge is 2.35. The summed E-state index contributed by atoms with van der Waals surface area (Å²) in [6.07, 6.45) is 0. The fourth-order valence-electron chi connectivity index (χ4n) is 3.28. The number of carbonyl (C=O) groups is 2. The lowest BCUT2D eigenvalue weighted by Crippen LogP contribution is -2.59. The van der Waals surface area contributed by atoms with E-state index in [4.69, 9.17) is 46.4 Å². The minimum absolute atomic E-state index is 0.139. The largest absolute Gasteiger partial charge is 0.332 e. The van der Waals surface area contributed by atoms with Gasteiger partial charge in [-0.3, -0.25) is 9.59 Å². The first-order valence-corrected chi connectivity index (χ1v) is 10.2. The zero-order valence-corrected chi connectivity index (χ0v) is 18.3. The molecular formula is C20H18Cl4N2O2. The average Bonchev–Trinajstić information content (AvgIpc) is 2.66. The minimum Gasteiger partial charge on any atom is -0.332 e. The number of piperazine rings is 1. The first-order chi connectivity index (χ1) is 13.2. The van der Waals surface area contributed by atoms with Crippen LogP contribution in [0.5, 0.6) is 0 Å². The Hall–Kier alpha value is -1.46. The fraction of sp³-hybridized carbons (Fsp3) is 0.300. The average molecular weight is 460 g/mol. The van der Waals surface area contributed by atoms with Crippen molar-refractivity contribution in [3.63, 3.8) is 0 Å². The van der Waals surface area contributed by atoms with Gasteiger partial charge in [-0.05, 0) is 50.2 Å². The predicted molar refractivity (Wildman–Crippen MR) is 114 cm³/mol. The second kappa shape index (κ2) is 8.50. The standard InChI is InChI=1S/C20H18Cl4N2O2/c1-11-9-26(20(28)14-4-6-16(22)18(24)8-14)12(2)10-25(11)19(27)13-3-5-15(21)17(23)7-13/h3-8,11-12H,9-10H2,1-2H3. The number of halogens is 4. The summed E-state index contributed by atoms with van der Waals surface area (Å²) in [4.78, 5) is 29.4. The SMILES string of the molecule is CC1CN(C(=O)c2ccc(Cl)c(Cl)c2)C(C)CN1C(=O)c1ccc(Cl)c(Cl)c1. The van der Waals surface area contributed by atoms with Crippen LogP contribution in [0, 0.1) is 0 Å². The van der Waals surface area contributed by atoms with E-state index >= 15 is 0 Å². The summed E-state index contributed by atoms with van der Waals surface area (Å²) < 4.78 is 0. The molecular weight excluding hydrogens is 442 g/mol.